The average Bonchev–Trinajstić information content (AvgIpc) is 2.53. The Balaban J connectivity index is 1.75. The van der Waals surface area contributed by atoms with Gasteiger partial charge in [-0.05, 0) is 37.3 Å². The molecule has 1 fully saturated rings. The summed E-state index contributed by atoms with van der Waals surface area (Å²) in [5.74, 6) is 0.403. The highest BCUT2D eigenvalue weighted by Gasteiger charge is 2.18. The number of hydrogen-bond donors (Lipinski definition) is 2. The van der Waals surface area contributed by atoms with E-state index in [1.165, 1.54) is 12.8 Å². The highest BCUT2D eigenvalue weighted by molar-refractivity contribution is 7.89. The maximum Gasteiger partial charge on any atom is 0.211 e. The van der Waals surface area contributed by atoms with Crippen LogP contribution in [-0.2, 0) is 10.0 Å². The van der Waals surface area contributed by atoms with Crippen LogP contribution in [0.25, 0.3) is 0 Å². The maximum atomic E-state index is 12.1. The van der Waals surface area contributed by atoms with E-state index >= 15 is 0 Å². The molecule has 0 amide bonds. The molecule has 4 nitrogen and oxygen atoms in total. The highest BCUT2D eigenvalue weighted by Crippen LogP contribution is 2.14. The fraction of sp³-hybridized carbons (Fsp3) is 0.625. The fourth-order valence-electron chi connectivity index (χ4n) is 2.69. The molecular formula is C16H26N2O2S. The summed E-state index contributed by atoms with van der Waals surface area (Å²) in [5.41, 5.74) is 1.16. The first-order chi connectivity index (χ1) is 10.1. The van der Waals surface area contributed by atoms with Crippen LogP contribution in [0.5, 0.6) is 0 Å². The van der Waals surface area contributed by atoms with Gasteiger partial charge in [-0.25, -0.2) is 13.1 Å². The summed E-state index contributed by atoms with van der Waals surface area (Å²) >= 11 is 0. The number of hydrogen-bond acceptors (Lipinski definition) is 3. The van der Waals surface area contributed by atoms with E-state index < -0.39 is 10.0 Å². The lowest BCUT2D eigenvalue weighted by Crippen LogP contribution is -2.37. The number of benzene rings is 1. The molecule has 118 valence electrons. The van der Waals surface area contributed by atoms with Crippen molar-refractivity contribution >= 4 is 10.0 Å². The second-order valence-corrected chi connectivity index (χ2v) is 7.84. The molecule has 0 spiro atoms. The van der Waals surface area contributed by atoms with Gasteiger partial charge in [0.2, 0.25) is 10.0 Å². The lowest BCUT2D eigenvalue weighted by molar-refractivity contribution is 0.392. The van der Waals surface area contributed by atoms with Crippen LogP contribution < -0.4 is 10.0 Å². The van der Waals surface area contributed by atoms with Crippen molar-refractivity contribution in [1.29, 1.82) is 0 Å². The summed E-state index contributed by atoms with van der Waals surface area (Å²) in [6.45, 7) is 3.52. The van der Waals surface area contributed by atoms with E-state index in [1.807, 2.05) is 37.3 Å². The van der Waals surface area contributed by atoms with Crippen LogP contribution in [0.2, 0.25) is 0 Å². The Hall–Kier alpha value is -0.910. The van der Waals surface area contributed by atoms with E-state index in [1.54, 1.807) is 0 Å². The Morgan fingerprint density at radius 3 is 2.71 bits per heavy atom. The van der Waals surface area contributed by atoms with E-state index in [2.05, 4.69) is 10.0 Å². The predicted octanol–water partition coefficient (Wildman–Crippen LogP) is 2.24. The van der Waals surface area contributed by atoms with E-state index in [-0.39, 0.29) is 11.7 Å². The lowest BCUT2D eigenvalue weighted by atomic mass is 10.0. The van der Waals surface area contributed by atoms with Gasteiger partial charge < -0.3 is 5.32 Å². The molecule has 1 heterocycles. The smallest absolute Gasteiger partial charge is 0.211 e. The van der Waals surface area contributed by atoms with Gasteiger partial charge in [-0.2, -0.15) is 0 Å². The second kappa shape index (κ2) is 7.92. The van der Waals surface area contributed by atoms with Gasteiger partial charge in [0.05, 0.1) is 5.75 Å². The Morgan fingerprint density at radius 1 is 1.29 bits per heavy atom. The van der Waals surface area contributed by atoms with Crippen LogP contribution >= 0.6 is 0 Å². The standard InChI is InChI=1S/C16H26N2O2S/c1-14(15-7-3-2-4-8-15)13-18-21(19,20)12-10-16-9-5-6-11-17-16/h2-4,7-8,14,16-18H,5-6,9-13H2,1H3. The molecule has 0 bridgehead atoms. The van der Waals surface area contributed by atoms with Gasteiger partial charge in [-0.15, -0.1) is 0 Å². The van der Waals surface area contributed by atoms with E-state index in [0.29, 0.717) is 19.0 Å². The van der Waals surface area contributed by atoms with Crippen LogP contribution in [0.3, 0.4) is 0 Å². The molecule has 0 radical (unpaired) electrons. The molecule has 2 N–H and O–H groups in total. The number of sulfonamides is 1. The molecule has 1 aromatic carbocycles. The number of piperidine rings is 1. The van der Waals surface area contributed by atoms with Crippen molar-refractivity contribution in [1.82, 2.24) is 10.0 Å². The third-order valence-corrected chi connectivity index (χ3v) is 5.51. The van der Waals surface area contributed by atoms with Crippen molar-refractivity contribution in [3.05, 3.63) is 35.9 Å². The van der Waals surface area contributed by atoms with Crippen molar-refractivity contribution in [2.75, 3.05) is 18.8 Å². The van der Waals surface area contributed by atoms with Crippen LogP contribution in [0.15, 0.2) is 30.3 Å². The molecule has 1 saturated heterocycles. The zero-order chi connectivity index (χ0) is 15.1. The van der Waals surface area contributed by atoms with E-state index in [9.17, 15) is 8.42 Å². The second-order valence-electron chi connectivity index (χ2n) is 5.91. The SMILES string of the molecule is CC(CNS(=O)(=O)CCC1CCCCN1)c1ccccc1. The minimum Gasteiger partial charge on any atom is -0.314 e. The van der Waals surface area contributed by atoms with Crippen LogP contribution in [0.4, 0.5) is 0 Å². The van der Waals surface area contributed by atoms with E-state index in [0.717, 1.165) is 18.5 Å². The lowest BCUT2D eigenvalue weighted by Gasteiger charge is -2.23. The third-order valence-electron chi connectivity index (χ3n) is 4.13. The quantitative estimate of drug-likeness (QED) is 0.812. The molecule has 0 aliphatic carbocycles. The van der Waals surface area contributed by atoms with Crippen molar-refractivity contribution in [3.8, 4) is 0 Å². The predicted molar refractivity (Wildman–Crippen MR) is 86.9 cm³/mol. The minimum atomic E-state index is -3.17. The first-order valence-corrected chi connectivity index (χ1v) is 9.48. The Bertz CT molecular complexity index is 510. The molecule has 21 heavy (non-hydrogen) atoms. The first kappa shape index (κ1) is 16.5. The Kier molecular flexibility index (Phi) is 6.21. The summed E-state index contributed by atoms with van der Waals surface area (Å²) in [6, 6.07) is 10.4. The van der Waals surface area contributed by atoms with Gasteiger partial charge in [0.25, 0.3) is 0 Å². The highest BCUT2D eigenvalue weighted by atomic mass is 32.2. The number of nitrogens with one attached hydrogen (secondary N) is 2. The third kappa shape index (κ3) is 5.77. The van der Waals surface area contributed by atoms with Crippen LogP contribution in [0.1, 0.15) is 44.1 Å². The molecule has 0 saturated carbocycles. The van der Waals surface area contributed by atoms with Gasteiger partial charge in [0, 0.05) is 12.6 Å². The normalized spacial score (nSPS) is 21.1. The van der Waals surface area contributed by atoms with Crippen LogP contribution in [-0.4, -0.2) is 33.3 Å². The summed E-state index contributed by atoms with van der Waals surface area (Å²) < 4.78 is 26.9. The molecule has 1 aliphatic heterocycles. The first-order valence-electron chi connectivity index (χ1n) is 7.82. The van der Waals surface area contributed by atoms with Gasteiger partial charge in [-0.1, -0.05) is 43.7 Å². The Morgan fingerprint density at radius 2 is 2.05 bits per heavy atom. The van der Waals surface area contributed by atoms with Crippen molar-refractivity contribution in [3.63, 3.8) is 0 Å². The summed E-state index contributed by atoms with van der Waals surface area (Å²) in [6.07, 6.45) is 4.21. The molecule has 2 rings (SSSR count). The monoisotopic (exact) mass is 310 g/mol. The van der Waals surface area contributed by atoms with Gasteiger partial charge >= 0.3 is 0 Å². The summed E-state index contributed by atoms with van der Waals surface area (Å²) in [7, 11) is -3.17. The fourth-order valence-corrected chi connectivity index (χ4v) is 3.93. The number of rotatable bonds is 7. The Labute approximate surface area is 128 Å². The molecule has 5 heteroatoms. The zero-order valence-electron chi connectivity index (χ0n) is 12.7. The molecule has 1 aliphatic rings. The van der Waals surface area contributed by atoms with Crippen LogP contribution in [0, 0.1) is 0 Å². The van der Waals surface area contributed by atoms with E-state index in [4.69, 9.17) is 0 Å². The van der Waals surface area contributed by atoms with Crippen molar-refractivity contribution in [2.45, 2.75) is 44.6 Å². The largest absolute Gasteiger partial charge is 0.314 e. The van der Waals surface area contributed by atoms with Gasteiger partial charge in [-0.3, -0.25) is 0 Å². The summed E-state index contributed by atoms with van der Waals surface area (Å²) in [5, 5.41) is 3.39. The van der Waals surface area contributed by atoms with Crippen molar-refractivity contribution < 1.29 is 8.42 Å². The zero-order valence-corrected chi connectivity index (χ0v) is 13.5. The molecule has 0 aromatic heterocycles. The summed E-state index contributed by atoms with van der Waals surface area (Å²) in [4.78, 5) is 0. The topological polar surface area (TPSA) is 58.2 Å². The molecule has 1 aromatic rings. The van der Waals surface area contributed by atoms with Gasteiger partial charge in [0.15, 0.2) is 0 Å². The molecule has 2 atom stereocenters. The molecular weight excluding hydrogens is 284 g/mol. The average molecular weight is 310 g/mol. The maximum absolute atomic E-state index is 12.1. The van der Waals surface area contributed by atoms with Gasteiger partial charge in [0.1, 0.15) is 0 Å². The van der Waals surface area contributed by atoms with Crippen molar-refractivity contribution in [2.24, 2.45) is 0 Å². The minimum absolute atomic E-state index is 0.189. The molecule has 2 unspecified atom stereocenters.